The molecule has 0 bridgehead atoms. The number of hydrogen-bond donors (Lipinski definition) is 3. The molecule has 0 aromatic rings. The lowest BCUT2D eigenvalue weighted by Crippen LogP contribution is -2.35. The highest BCUT2D eigenvalue weighted by Gasteiger charge is 2.29. The first-order valence-electron chi connectivity index (χ1n) is 5.77. The predicted octanol–water partition coefficient (Wildman–Crippen LogP) is 0.262. The van der Waals surface area contributed by atoms with Gasteiger partial charge >= 0.3 is 0 Å². The Labute approximate surface area is 91.4 Å². The molecule has 3 N–H and O–H groups in total. The van der Waals surface area contributed by atoms with Gasteiger partial charge in [0.15, 0.2) is 0 Å². The Hall–Kier alpha value is -0.610. The van der Waals surface area contributed by atoms with Crippen LogP contribution in [0.4, 0.5) is 0 Å². The SMILES string of the molecule is CC(C)NCCC(=O)NCC(O)C1CC1. The van der Waals surface area contributed by atoms with E-state index >= 15 is 0 Å². The number of amides is 1. The number of carbonyl (C=O) groups excluding carboxylic acids is 1. The summed E-state index contributed by atoms with van der Waals surface area (Å²) in [6.45, 7) is 5.21. The van der Waals surface area contributed by atoms with Gasteiger partial charge in [0, 0.05) is 25.6 Å². The van der Waals surface area contributed by atoms with Crippen molar-refractivity contribution < 1.29 is 9.90 Å². The summed E-state index contributed by atoms with van der Waals surface area (Å²) >= 11 is 0. The molecule has 0 radical (unpaired) electrons. The van der Waals surface area contributed by atoms with Crippen LogP contribution in [0.15, 0.2) is 0 Å². The highest BCUT2D eigenvalue weighted by Crippen LogP contribution is 2.32. The van der Waals surface area contributed by atoms with Crippen LogP contribution in [0.2, 0.25) is 0 Å². The van der Waals surface area contributed by atoms with Crippen LogP contribution in [-0.4, -0.2) is 36.2 Å². The maximum absolute atomic E-state index is 11.3. The summed E-state index contributed by atoms with van der Waals surface area (Å²) in [5.41, 5.74) is 0. The van der Waals surface area contributed by atoms with Crippen molar-refractivity contribution in [1.29, 1.82) is 0 Å². The lowest BCUT2D eigenvalue weighted by molar-refractivity contribution is -0.121. The molecule has 0 aromatic heterocycles. The smallest absolute Gasteiger partial charge is 0.221 e. The van der Waals surface area contributed by atoms with Gasteiger partial charge in [-0.05, 0) is 18.8 Å². The molecule has 1 aliphatic carbocycles. The van der Waals surface area contributed by atoms with Crippen LogP contribution in [0.3, 0.4) is 0 Å². The third kappa shape index (κ3) is 5.74. The normalized spacial score (nSPS) is 17.9. The summed E-state index contributed by atoms with van der Waals surface area (Å²) in [6.07, 6.45) is 2.35. The molecule has 1 aliphatic rings. The highest BCUT2D eigenvalue weighted by atomic mass is 16.3. The van der Waals surface area contributed by atoms with Crippen molar-refractivity contribution in [3.05, 3.63) is 0 Å². The fraction of sp³-hybridized carbons (Fsp3) is 0.909. The Morgan fingerprint density at radius 3 is 2.67 bits per heavy atom. The van der Waals surface area contributed by atoms with E-state index < -0.39 is 0 Å². The number of aliphatic hydroxyl groups excluding tert-OH is 1. The van der Waals surface area contributed by atoms with Crippen molar-refractivity contribution in [2.75, 3.05) is 13.1 Å². The monoisotopic (exact) mass is 214 g/mol. The van der Waals surface area contributed by atoms with Crippen LogP contribution in [0.1, 0.15) is 33.1 Å². The molecular weight excluding hydrogens is 192 g/mol. The average Bonchev–Trinajstić information content (AvgIpc) is 2.96. The molecular formula is C11H22N2O2. The first kappa shape index (κ1) is 12.5. The molecule has 88 valence electrons. The van der Waals surface area contributed by atoms with Gasteiger partial charge < -0.3 is 15.7 Å². The van der Waals surface area contributed by atoms with Crippen LogP contribution in [0.25, 0.3) is 0 Å². The fourth-order valence-electron chi connectivity index (χ4n) is 1.43. The van der Waals surface area contributed by atoms with Gasteiger partial charge in [-0.15, -0.1) is 0 Å². The van der Waals surface area contributed by atoms with Gasteiger partial charge in [0.2, 0.25) is 5.91 Å². The highest BCUT2D eigenvalue weighted by molar-refractivity contribution is 5.76. The molecule has 0 saturated heterocycles. The van der Waals surface area contributed by atoms with E-state index in [1.165, 1.54) is 0 Å². The van der Waals surface area contributed by atoms with Crippen molar-refractivity contribution in [3.63, 3.8) is 0 Å². The van der Waals surface area contributed by atoms with E-state index in [-0.39, 0.29) is 12.0 Å². The van der Waals surface area contributed by atoms with Crippen molar-refractivity contribution in [1.82, 2.24) is 10.6 Å². The lowest BCUT2D eigenvalue weighted by atomic mass is 10.2. The van der Waals surface area contributed by atoms with E-state index in [0.717, 1.165) is 12.8 Å². The molecule has 1 rings (SSSR count). The summed E-state index contributed by atoms with van der Waals surface area (Å²) in [5.74, 6) is 0.446. The minimum Gasteiger partial charge on any atom is -0.391 e. The zero-order valence-corrected chi connectivity index (χ0v) is 9.62. The molecule has 4 nitrogen and oxygen atoms in total. The fourth-order valence-corrected chi connectivity index (χ4v) is 1.43. The molecule has 0 aromatic carbocycles. The minimum atomic E-state index is -0.341. The number of carbonyl (C=O) groups is 1. The number of aliphatic hydroxyl groups is 1. The molecule has 1 atom stereocenters. The number of rotatable bonds is 7. The van der Waals surface area contributed by atoms with Gasteiger partial charge in [-0.1, -0.05) is 13.8 Å². The van der Waals surface area contributed by atoms with Crippen molar-refractivity contribution in [2.45, 2.75) is 45.3 Å². The standard InChI is InChI=1S/C11H22N2O2/c1-8(2)12-6-5-11(15)13-7-10(14)9-3-4-9/h8-10,12,14H,3-7H2,1-2H3,(H,13,15). The predicted molar refractivity (Wildman–Crippen MR) is 59.5 cm³/mol. The van der Waals surface area contributed by atoms with E-state index in [4.69, 9.17) is 0 Å². The third-order valence-corrected chi connectivity index (χ3v) is 2.58. The maximum atomic E-state index is 11.3. The average molecular weight is 214 g/mol. The Balaban J connectivity index is 1.97. The van der Waals surface area contributed by atoms with Crippen molar-refractivity contribution in [2.24, 2.45) is 5.92 Å². The quantitative estimate of drug-likeness (QED) is 0.570. The van der Waals surface area contributed by atoms with E-state index in [1.54, 1.807) is 0 Å². The summed E-state index contributed by atoms with van der Waals surface area (Å²) in [4.78, 5) is 11.3. The Morgan fingerprint density at radius 1 is 1.47 bits per heavy atom. The Morgan fingerprint density at radius 2 is 2.13 bits per heavy atom. The van der Waals surface area contributed by atoms with Crippen LogP contribution < -0.4 is 10.6 Å². The lowest BCUT2D eigenvalue weighted by Gasteiger charge is -2.11. The summed E-state index contributed by atoms with van der Waals surface area (Å²) in [6, 6.07) is 0.412. The molecule has 4 heteroatoms. The summed E-state index contributed by atoms with van der Waals surface area (Å²) in [7, 11) is 0. The largest absolute Gasteiger partial charge is 0.391 e. The van der Waals surface area contributed by atoms with E-state index in [2.05, 4.69) is 24.5 Å². The first-order chi connectivity index (χ1) is 7.09. The van der Waals surface area contributed by atoms with Crippen LogP contribution in [-0.2, 0) is 4.79 Å². The van der Waals surface area contributed by atoms with E-state index in [0.29, 0.717) is 31.5 Å². The minimum absolute atomic E-state index is 0.0165. The van der Waals surface area contributed by atoms with Crippen molar-refractivity contribution >= 4 is 5.91 Å². The third-order valence-electron chi connectivity index (χ3n) is 2.58. The van der Waals surface area contributed by atoms with E-state index in [1.807, 2.05) is 0 Å². The van der Waals surface area contributed by atoms with Gasteiger partial charge in [-0.3, -0.25) is 4.79 Å². The second-order valence-electron chi connectivity index (χ2n) is 4.57. The maximum Gasteiger partial charge on any atom is 0.221 e. The summed E-state index contributed by atoms with van der Waals surface area (Å²) in [5, 5.41) is 15.4. The second-order valence-corrected chi connectivity index (χ2v) is 4.57. The summed E-state index contributed by atoms with van der Waals surface area (Å²) < 4.78 is 0. The first-order valence-corrected chi connectivity index (χ1v) is 5.77. The number of hydrogen-bond acceptors (Lipinski definition) is 3. The Kier molecular flexibility index (Phi) is 5.05. The zero-order valence-electron chi connectivity index (χ0n) is 9.62. The molecule has 1 fully saturated rings. The molecule has 1 unspecified atom stereocenters. The van der Waals surface area contributed by atoms with Crippen molar-refractivity contribution in [3.8, 4) is 0 Å². The topological polar surface area (TPSA) is 61.4 Å². The second kappa shape index (κ2) is 6.08. The zero-order chi connectivity index (χ0) is 11.3. The van der Waals surface area contributed by atoms with Crippen LogP contribution in [0, 0.1) is 5.92 Å². The van der Waals surface area contributed by atoms with Crippen LogP contribution in [0.5, 0.6) is 0 Å². The molecule has 0 spiro atoms. The van der Waals surface area contributed by atoms with Gasteiger partial charge in [-0.25, -0.2) is 0 Å². The molecule has 15 heavy (non-hydrogen) atoms. The number of nitrogens with one attached hydrogen (secondary N) is 2. The van der Waals surface area contributed by atoms with Crippen LogP contribution >= 0.6 is 0 Å². The van der Waals surface area contributed by atoms with Gasteiger partial charge in [0.25, 0.3) is 0 Å². The van der Waals surface area contributed by atoms with Gasteiger partial charge in [-0.2, -0.15) is 0 Å². The molecule has 0 heterocycles. The van der Waals surface area contributed by atoms with Gasteiger partial charge in [0.05, 0.1) is 6.10 Å². The van der Waals surface area contributed by atoms with Gasteiger partial charge in [0.1, 0.15) is 0 Å². The molecule has 1 saturated carbocycles. The molecule has 0 aliphatic heterocycles. The molecule has 1 amide bonds. The van der Waals surface area contributed by atoms with E-state index in [9.17, 15) is 9.90 Å². The Bertz CT molecular complexity index is 203.